The Morgan fingerprint density at radius 3 is 2.65 bits per heavy atom. The number of halogens is 1. The second-order valence-corrected chi connectivity index (χ2v) is 9.60. The van der Waals surface area contributed by atoms with Gasteiger partial charge in [0.25, 0.3) is 5.91 Å². The SMILES string of the molecule is Cc1nc(-c2ccc(Cl)s2)sc1C(=O)N(C)Cc1nc2ccccc2s1. The summed E-state index contributed by atoms with van der Waals surface area (Å²) in [6.45, 7) is 2.35. The molecule has 0 radical (unpaired) electrons. The fraction of sp³-hybridized carbons (Fsp3) is 0.167. The summed E-state index contributed by atoms with van der Waals surface area (Å²) in [5.41, 5.74) is 1.72. The van der Waals surface area contributed by atoms with E-state index in [-0.39, 0.29) is 5.91 Å². The summed E-state index contributed by atoms with van der Waals surface area (Å²) < 4.78 is 1.85. The lowest BCUT2D eigenvalue weighted by Gasteiger charge is -2.14. The van der Waals surface area contributed by atoms with Gasteiger partial charge in [0.1, 0.15) is 14.9 Å². The van der Waals surface area contributed by atoms with Crippen molar-refractivity contribution in [3.05, 3.63) is 56.3 Å². The Morgan fingerprint density at radius 1 is 1.12 bits per heavy atom. The van der Waals surface area contributed by atoms with Gasteiger partial charge in [0.2, 0.25) is 0 Å². The van der Waals surface area contributed by atoms with Gasteiger partial charge in [-0.1, -0.05) is 23.7 Å². The number of thiophene rings is 1. The maximum atomic E-state index is 12.9. The first kappa shape index (κ1) is 17.6. The van der Waals surface area contributed by atoms with Gasteiger partial charge in [0.15, 0.2) is 0 Å². The van der Waals surface area contributed by atoms with E-state index in [0.717, 1.165) is 30.8 Å². The van der Waals surface area contributed by atoms with E-state index >= 15 is 0 Å². The van der Waals surface area contributed by atoms with Crippen LogP contribution in [-0.2, 0) is 6.54 Å². The molecule has 1 aromatic carbocycles. The number of thiazole rings is 2. The summed E-state index contributed by atoms with van der Waals surface area (Å²) in [6, 6.07) is 11.8. The number of amides is 1. The number of para-hydroxylation sites is 1. The van der Waals surface area contributed by atoms with Gasteiger partial charge in [-0.15, -0.1) is 34.0 Å². The second kappa shape index (κ2) is 7.08. The van der Waals surface area contributed by atoms with Crippen molar-refractivity contribution in [2.45, 2.75) is 13.5 Å². The maximum Gasteiger partial charge on any atom is 0.265 e. The molecular weight excluding hydrogens is 406 g/mol. The number of carbonyl (C=O) groups is 1. The Bertz CT molecular complexity index is 1070. The van der Waals surface area contributed by atoms with Crippen LogP contribution in [0.25, 0.3) is 20.1 Å². The van der Waals surface area contributed by atoms with Crippen LogP contribution in [0.2, 0.25) is 4.34 Å². The van der Waals surface area contributed by atoms with E-state index in [1.165, 1.54) is 22.7 Å². The molecule has 0 saturated carbocycles. The minimum Gasteiger partial charge on any atom is -0.334 e. The van der Waals surface area contributed by atoms with Crippen molar-refractivity contribution in [1.82, 2.24) is 14.9 Å². The molecule has 0 unspecified atom stereocenters. The number of hydrogen-bond donors (Lipinski definition) is 0. The molecule has 0 aliphatic rings. The highest BCUT2D eigenvalue weighted by atomic mass is 35.5. The second-order valence-electron chi connectivity index (χ2n) is 5.77. The molecule has 0 bridgehead atoms. The van der Waals surface area contributed by atoms with E-state index in [1.54, 1.807) is 23.3 Å². The van der Waals surface area contributed by atoms with Gasteiger partial charge in [-0.3, -0.25) is 4.79 Å². The number of carbonyl (C=O) groups excluding carboxylic acids is 1. The maximum absolute atomic E-state index is 12.9. The first-order chi connectivity index (χ1) is 12.5. The monoisotopic (exact) mass is 419 g/mol. The minimum absolute atomic E-state index is 0.0341. The number of fused-ring (bicyclic) bond motifs is 1. The van der Waals surface area contributed by atoms with Crippen LogP contribution in [0.4, 0.5) is 0 Å². The third-order valence-corrected chi connectivity index (χ3v) is 7.40. The van der Waals surface area contributed by atoms with Crippen molar-refractivity contribution >= 4 is 61.7 Å². The summed E-state index contributed by atoms with van der Waals surface area (Å²) in [5, 5.41) is 1.76. The van der Waals surface area contributed by atoms with Crippen molar-refractivity contribution in [3.63, 3.8) is 0 Å². The van der Waals surface area contributed by atoms with Gasteiger partial charge in [-0.2, -0.15) is 0 Å². The molecule has 132 valence electrons. The molecule has 4 rings (SSSR count). The Kier molecular flexibility index (Phi) is 4.79. The number of rotatable bonds is 4. The Hall–Kier alpha value is -1.80. The molecule has 4 nitrogen and oxygen atoms in total. The topological polar surface area (TPSA) is 46.1 Å². The van der Waals surface area contributed by atoms with Crippen LogP contribution in [0.5, 0.6) is 0 Å². The first-order valence-electron chi connectivity index (χ1n) is 7.84. The van der Waals surface area contributed by atoms with Gasteiger partial charge < -0.3 is 4.90 Å². The molecule has 3 heterocycles. The van der Waals surface area contributed by atoms with Crippen molar-refractivity contribution in [2.75, 3.05) is 7.05 Å². The number of nitrogens with zero attached hydrogens (tertiary/aromatic N) is 3. The lowest BCUT2D eigenvalue weighted by atomic mass is 10.3. The van der Waals surface area contributed by atoms with Crippen molar-refractivity contribution in [3.8, 4) is 9.88 Å². The highest BCUT2D eigenvalue weighted by Crippen LogP contribution is 2.35. The lowest BCUT2D eigenvalue weighted by Crippen LogP contribution is -2.25. The van der Waals surface area contributed by atoms with Crippen molar-refractivity contribution in [2.24, 2.45) is 0 Å². The molecule has 26 heavy (non-hydrogen) atoms. The van der Waals surface area contributed by atoms with E-state index in [2.05, 4.69) is 9.97 Å². The number of hydrogen-bond acceptors (Lipinski definition) is 6. The quantitative estimate of drug-likeness (QED) is 0.425. The third-order valence-electron chi connectivity index (χ3n) is 3.83. The largest absolute Gasteiger partial charge is 0.334 e. The van der Waals surface area contributed by atoms with Crippen LogP contribution in [-0.4, -0.2) is 27.8 Å². The smallest absolute Gasteiger partial charge is 0.265 e. The van der Waals surface area contributed by atoms with E-state index in [0.29, 0.717) is 15.8 Å². The van der Waals surface area contributed by atoms with Crippen LogP contribution in [0.1, 0.15) is 20.4 Å². The lowest BCUT2D eigenvalue weighted by molar-refractivity contribution is 0.0789. The fourth-order valence-electron chi connectivity index (χ4n) is 2.57. The van der Waals surface area contributed by atoms with Crippen molar-refractivity contribution < 1.29 is 4.79 Å². The van der Waals surface area contributed by atoms with Gasteiger partial charge in [0.05, 0.1) is 31.7 Å². The zero-order valence-electron chi connectivity index (χ0n) is 14.0. The first-order valence-corrected chi connectivity index (χ1v) is 10.7. The molecule has 8 heteroatoms. The Labute approximate surface area is 167 Å². The van der Waals surface area contributed by atoms with Crippen LogP contribution in [0.3, 0.4) is 0 Å². The Morgan fingerprint density at radius 2 is 1.92 bits per heavy atom. The normalized spacial score (nSPS) is 11.2. The summed E-state index contributed by atoms with van der Waals surface area (Å²) >= 11 is 10.5. The molecule has 3 aromatic heterocycles. The van der Waals surface area contributed by atoms with Crippen LogP contribution >= 0.6 is 45.6 Å². The number of aromatic nitrogens is 2. The van der Waals surface area contributed by atoms with Crippen molar-refractivity contribution in [1.29, 1.82) is 0 Å². The summed E-state index contributed by atoms with van der Waals surface area (Å²) in [7, 11) is 1.80. The number of aryl methyl sites for hydroxylation is 1. The fourth-order valence-corrected chi connectivity index (χ4v) is 5.74. The molecule has 1 amide bonds. The highest BCUT2D eigenvalue weighted by Gasteiger charge is 2.21. The van der Waals surface area contributed by atoms with Crippen LogP contribution < -0.4 is 0 Å². The minimum atomic E-state index is -0.0341. The average Bonchev–Trinajstić information content (AvgIpc) is 3.31. The molecule has 0 saturated heterocycles. The van der Waals surface area contributed by atoms with Gasteiger partial charge in [0, 0.05) is 7.05 Å². The van der Waals surface area contributed by atoms with Gasteiger partial charge in [-0.05, 0) is 31.2 Å². The van der Waals surface area contributed by atoms with Gasteiger partial charge in [-0.25, -0.2) is 9.97 Å². The standard InChI is InChI=1S/C18H14ClN3OS3/c1-10-16(26-17(20-10)13-7-8-14(19)24-13)18(23)22(2)9-15-21-11-5-3-4-6-12(11)25-15/h3-8H,9H2,1-2H3. The van der Waals surface area contributed by atoms with E-state index in [4.69, 9.17) is 11.6 Å². The zero-order valence-corrected chi connectivity index (χ0v) is 17.2. The molecule has 4 aromatic rings. The molecule has 0 aliphatic carbocycles. The Balaban J connectivity index is 1.55. The molecule has 0 N–H and O–H groups in total. The van der Waals surface area contributed by atoms with E-state index < -0.39 is 0 Å². The summed E-state index contributed by atoms with van der Waals surface area (Å²) in [4.78, 5) is 25.4. The number of benzene rings is 1. The van der Waals surface area contributed by atoms with E-state index in [9.17, 15) is 4.79 Å². The predicted octanol–water partition coefficient (Wildman–Crippen LogP) is 5.72. The molecule has 0 fully saturated rings. The van der Waals surface area contributed by atoms with Crippen LogP contribution in [0.15, 0.2) is 36.4 Å². The summed E-state index contributed by atoms with van der Waals surface area (Å²) in [6.07, 6.45) is 0. The van der Waals surface area contributed by atoms with E-state index in [1.807, 2.05) is 43.3 Å². The van der Waals surface area contributed by atoms with Crippen LogP contribution in [0, 0.1) is 6.92 Å². The summed E-state index contributed by atoms with van der Waals surface area (Å²) in [5.74, 6) is -0.0341. The molecule has 0 spiro atoms. The van der Waals surface area contributed by atoms with Gasteiger partial charge >= 0.3 is 0 Å². The molecule has 0 atom stereocenters. The third kappa shape index (κ3) is 3.40. The zero-order chi connectivity index (χ0) is 18.3. The predicted molar refractivity (Wildman–Crippen MR) is 111 cm³/mol. The average molecular weight is 420 g/mol. The molecular formula is C18H14ClN3OS3. The highest BCUT2D eigenvalue weighted by molar-refractivity contribution is 7.24. The molecule has 0 aliphatic heterocycles.